The summed E-state index contributed by atoms with van der Waals surface area (Å²) in [5.41, 5.74) is 0.854. The molecule has 1 atom stereocenters. The van der Waals surface area contributed by atoms with E-state index in [1.807, 2.05) is 30.3 Å². The summed E-state index contributed by atoms with van der Waals surface area (Å²) in [5, 5.41) is 0. The standard InChI is InChI=1S/C15H22O3/c1-3-5-9-12-18-14(15(16)17-4-2)13-10-7-6-8-11-13/h6-8,10-11,14H,3-5,9,12H2,1-2H3. The summed E-state index contributed by atoms with van der Waals surface area (Å²) in [6, 6.07) is 9.50. The summed E-state index contributed by atoms with van der Waals surface area (Å²) in [4.78, 5) is 11.9. The lowest BCUT2D eigenvalue weighted by atomic mass is 10.1. The van der Waals surface area contributed by atoms with Crippen LogP contribution in [0.5, 0.6) is 0 Å². The molecule has 1 unspecified atom stereocenters. The van der Waals surface area contributed by atoms with Crippen molar-refractivity contribution in [3.8, 4) is 0 Å². The molecule has 0 aromatic heterocycles. The van der Waals surface area contributed by atoms with Crippen molar-refractivity contribution in [2.45, 2.75) is 39.2 Å². The van der Waals surface area contributed by atoms with Gasteiger partial charge < -0.3 is 9.47 Å². The van der Waals surface area contributed by atoms with Crippen LogP contribution in [0.3, 0.4) is 0 Å². The molecule has 1 aromatic rings. The van der Waals surface area contributed by atoms with Crippen LogP contribution in [0.25, 0.3) is 0 Å². The Morgan fingerprint density at radius 2 is 1.89 bits per heavy atom. The van der Waals surface area contributed by atoms with E-state index in [0.717, 1.165) is 24.8 Å². The number of hydrogen-bond donors (Lipinski definition) is 0. The smallest absolute Gasteiger partial charge is 0.339 e. The minimum atomic E-state index is -0.594. The summed E-state index contributed by atoms with van der Waals surface area (Å²) in [5.74, 6) is -0.305. The molecule has 1 aromatic carbocycles. The lowest BCUT2D eigenvalue weighted by molar-refractivity contribution is -0.157. The van der Waals surface area contributed by atoms with Gasteiger partial charge in [-0.1, -0.05) is 50.1 Å². The van der Waals surface area contributed by atoms with E-state index in [9.17, 15) is 4.79 Å². The van der Waals surface area contributed by atoms with Gasteiger partial charge in [0.25, 0.3) is 0 Å². The Labute approximate surface area is 109 Å². The van der Waals surface area contributed by atoms with Crippen LogP contribution in [-0.2, 0) is 14.3 Å². The van der Waals surface area contributed by atoms with Gasteiger partial charge in [0.2, 0.25) is 0 Å². The Morgan fingerprint density at radius 1 is 1.17 bits per heavy atom. The quantitative estimate of drug-likeness (QED) is 0.523. The third kappa shape index (κ3) is 4.88. The molecule has 1 rings (SSSR count). The van der Waals surface area contributed by atoms with Crippen molar-refractivity contribution in [2.75, 3.05) is 13.2 Å². The molecular weight excluding hydrogens is 228 g/mol. The van der Waals surface area contributed by atoms with Crippen molar-refractivity contribution in [2.24, 2.45) is 0 Å². The highest BCUT2D eigenvalue weighted by molar-refractivity contribution is 5.76. The first kappa shape index (κ1) is 14.7. The lowest BCUT2D eigenvalue weighted by Crippen LogP contribution is -2.19. The molecule has 0 bridgehead atoms. The molecule has 18 heavy (non-hydrogen) atoms. The molecule has 0 amide bonds. The molecule has 0 heterocycles. The number of esters is 1. The van der Waals surface area contributed by atoms with E-state index < -0.39 is 6.10 Å². The summed E-state index contributed by atoms with van der Waals surface area (Å²) in [6.07, 6.45) is 2.63. The van der Waals surface area contributed by atoms with E-state index in [4.69, 9.17) is 9.47 Å². The van der Waals surface area contributed by atoms with Gasteiger partial charge in [-0.15, -0.1) is 0 Å². The number of ether oxygens (including phenoxy) is 2. The molecule has 0 aliphatic heterocycles. The maximum atomic E-state index is 11.9. The summed E-state index contributed by atoms with van der Waals surface area (Å²) in [7, 11) is 0. The van der Waals surface area contributed by atoms with Crippen LogP contribution in [0, 0.1) is 0 Å². The second-order valence-corrected chi connectivity index (χ2v) is 4.12. The van der Waals surface area contributed by atoms with Gasteiger partial charge in [0.1, 0.15) is 0 Å². The minimum Gasteiger partial charge on any atom is -0.464 e. The molecule has 3 heteroatoms. The van der Waals surface area contributed by atoms with Crippen LogP contribution in [0.2, 0.25) is 0 Å². The average molecular weight is 250 g/mol. The van der Waals surface area contributed by atoms with E-state index in [1.165, 1.54) is 0 Å². The first-order valence-corrected chi connectivity index (χ1v) is 6.62. The van der Waals surface area contributed by atoms with Crippen LogP contribution < -0.4 is 0 Å². The van der Waals surface area contributed by atoms with Gasteiger partial charge >= 0.3 is 5.97 Å². The number of hydrogen-bond acceptors (Lipinski definition) is 3. The van der Waals surface area contributed by atoms with Crippen molar-refractivity contribution < 1.29 is 14.3 Å². The van der Waals surface area contributed by atoms with Crippen LogP contribution in [0.15, 0.2) is 30.3 Å². The minimum absolute atomic E-state index is 0.305. The van der Waals surface area contributed by atoms with E-state index in [-0.39, 0.29) is 5.97 Å². The molecule has 0 aliphatic carbocycles. The summed E-state index contributed by atoms with van der Waals surface area (Å²) in [6.45, 7) is 4.91. The Kier molecular flexibility index (Phi) is 7.11. The third-order valence-corrected chi connectivity index (χ3v) is 2.64. The molecule has 0 saturated heterocycles. The molecule has 0 N–H and O–H groups in total. The van der Waals surface area contributed by atoms with Gasteiger partial charge in [0.05, 0.1) is 6.61 Å². The van der Waals surface area contributed by atoms with Gasteiger partial charge in [0.15, 0.2) is 6.10 Å². The molecular formula is C15H22O3. The molecule has 100 valence electrons. The first-order valence-electron chi connectivity index (χ1n) is 6.62. The van der Waals surface area contributed by atoms with Gasteiger partial charge in [-0.25, -0.2) is 4.79 Å². The highest BCUT2D eigenvalue weighted by atomic mass is 16.6. The van der Waals surface area contributed by atoms with Crippen molar-refractivity contribution in [3.05, 3.63) is 35.9 Å². The van der Waals surface area contributed by atoms with Gasteiger partial charge in [-0.2, -0.15) is 0 Å². The Balaban J connectivity index is 2.61. The van der Waals surface area contributed by atoms with E-state index in [2.05, 4.69) is 6.92 Å². The Bertz CT molecular complexity index is 335. The monoisotopic (exact) mass is 250 g/mol. The maximum Gasteiger partial charge on any atom is 0.339 e. The van der Waals surface area contributed by atoms with Gasteiger partial charge in [0, 0.05) is 6.61 Å². The van der Waals surface area contributed by atoms with Gasteiger partial charge in [-0.3, -0.25) is 0 Å². The maximum absolute atomic E-state index is 11.9. The van der Waals surface area contributed by atoms with Gasteiger partial charge in [-0.05, 0) is 18.9 Å². The fourth-order valence-corrected chi connectivity index (χ4v) is 1.70. The predicted octanol–water partition coefficient (Wildman–Crippen LogP) is 3.50. The number of carbonyl (C=O) groups is 1. The second kappa shape index (κ2) is 8.70. The molecule has 0 radical (unpaired) electrons. The van der Waals surface area contributed by atoms with Crippen LogP contribution in [0.1, 0.15) is 44.8 Å². The second-order valence-electron chi connectivity index (χ2n) is 4.12. The number of rotatable bonds is 8. The third-order valence-electron chi connectivity index (χ3n) is 2.64. The predicted molar refractivity (Wildman–Crippen MR) is 71.3 cm³/mol. The van der Waals surface area contributed by atoms with E-state index >= 15 is 0 Å². The lowest BCUT2D eigenvalue weighted by Gasteiger charge is -2.16. The Hall–Kier alpha value is -1.35. The van der Waals surface area contributed by atoms with E-state index in [0.29, 0.717) is 13.2 Å². The number of benzene rings is 1. The highest BCUT2D eigenvalue weighted by Crippen LogP contribution is 2.19. The zero-order valence-corrected chi connectivity index (χ0v) is 11.2. The van der Waals surface area contributed by atoms with Crippen molar-refractivity contribution in [1.29, 1.82) is 0 Å². The molecule has 3 nitrogen and oxygen atoms in total. The topological polar surface area (TPSA) is 35.5 Å². The summed E-state index contributed by atoms with van der Waals surface area (Å²) >= 11 is 0. The van der Waals surface area contributed by atoms with Crippen LogP contribution >= 0.6 is 0 Å². The largest absolute Gasteiger partial charge is 0.464 e. The fourth-order valence-electron chi connectivity index (χ4n) is 1.70. The number of carbonyl (C=O) groups excluding carboxylic acids is 1. The van der Waals surface area contributed by atoms with E-state index in [1.54, 1.807) is 6.92 Å². The number of unbranched alkanes of at least 4 members (excludes halogenated alkanes) is 2. The zero-order valence-electron chi connectivity index (χ0n) is 11.2. The van der Waals surface area contributed by atoms with Crippen molar-refractivity contribution in [1.82, 2.24) is 0 Å². The normalized spacial score (nSPS) is 12.1. The van der Waals surface area contributed by atoms with Crippen molar-refractivity contribution >= 4 is 5.97 Å². The molecule has 0 spiro atoms. The highest BCUT2D eigenvalue weighted by Gasteiger charge is 2.22. The first-order chi connectivity index (χ1) is 8.79. The Morgan fingerprint density at radius 3 is 2.50 bits per heavy atom. The molecule has 0 aliphatic rings. The van der Waals surface area contributed by atoms with Crippen LogP contribution in [-0.4, -0.2) is 19.2 Å². The fraction of sp³-hybridized carbons (Fsp3) is 0.533. The zero-order chi connectivity index (χ0) is 13.2. The SMILES string of the molecule is CCCCCOC(C(=O)OCC)c1ccccc1. The van der Waals surface area contributed by atoms with Crippen LogP contribution in [0.4, 0.5) is 0 Å². The van der Waals surface area contributed by atoms with Crippen molar-refractivity contribution in [3.63, 3.8) is 0 Å². The molecule has 0 fully saturated rings. The average Bonchev–Trinajstić information content (AvgIpc) is 2.40. The summed E-state index contributed by atoms with van der Waals surface area (Å²) < 4.78 is 10.7. The molecule has 0 saturated carbocycles.